The summed E-state index contributed by atoms with van der Waals surface area (Å²) in [6, 6.07) is 4.12. The van der Waals surface area contributed by atoms with Crippen LogP contribution in [0.3, 0.4) is 0 Å². The Kier molecular flexibility index (Phi) is 4.94. The van der Waals surface area contributed by atoms with Crippen LogP contribution in [0.1, 0.15) is 37.6 Å². The summed E-state index contributed by atoms with van der Waals surface area (Å²) in [5, 5.41) is 7.49. The fourth-order valence-electron chi connectivity index (χ4n) is 3.43. The number of nitrogens with one attached hydrogen (secondary N) is 1. The lowest BCUT2D eigenvalue weighted by Gasteiger charge is -2.20. The van der Waals surface area contributed by atoms with Gasteiger partial charge in [0, 0.05) is 26.4 Å². The fraction of sp³-hybridized carbons (Fsp3) is 0.611. The van der Waals surface area contributed by atoms with Crippen molar-refractivity contribution >= 4 is 5.82 Å². The minimum absolute atomic E-state index is 0.267. The zero-order valence-electron chi connectivity index (χ0n) is 14.6. The zero-order chi connectivity index (χ0) is 17.1. The normalized spacial score (nSPS) is 20.9. The van der Waals surface area contributed by atoms with Gasteiger partial charge in [-0.15, -0.1) is 0 Å². The molecule has 0 aromatic carbocycles. The molecule has 3 heterocycles. The quantitative estimate of drug-likeness (QED) is 0.739. The minimum Gasteiger partial charge on any atom is -0.383 e. The highest BCUT2D eigenvalue weighted by molar-refractivity contribution is 5.69. The summed E-state index contributed by atoms with van der Waals surface area (Å²) in [5.41, 5.74) is 0.861. The van der Waals surface area contributed by atoms with Crippen LogP contribution in [0, 0.1) is 5.92 Å². The van der Waals surface area contributed by atoms with E-state index >= 15 is 0 Å². The van der Waals surface area contributed by atoms with Gasteiger partial charge in [-0.3, -0.25) is 4.90 Å². The van der Waals surface area contributed by atoms with E-state index in [9.17, 15) is 0 Å². The van der Waals surface area contributed by atoms with E-state index < -0.39 is 0 Å². The van der Waals surface area contributed by atoms with E-state index in [1.54, 1.807) is 13.3 Å². The van der Waals surface area contributed by atoms with Gasteiger partial charge < -0.3 is 14.6 Å². The van der Waals surface area contributed by atoms with Crippen LogP contribution in [0.5, 0.6) is 0 Å². The molecule has 2 aromatic rings. The van der Waals surface area contributed by atoms with Crippen molar-refractivity contribution in [3.8, 4) is 11.4 Å². The van der Waals surface area contributed by atoms with E-state index in [1.807, 2.05) is 12.1 Å². The third-order valence-electron chi connectivity index (χ3n) is 4.93. The van der Waals surface area contributed by atoms with Crippen molar-refractivity contribution in [3.05, 3.63) is 24.2 Å². The average Bonchev–Trinajstić information content (AvgIpc) is 3.12. The number of rotatable bonds is 8. The van der Waals surface area contributed by atoms with Crippen LogP contribution in [-0.4, -0.2) is 53.4 Å². The lowest BCUT2D eigenvalue weighted by Crippen LogP contribution is -2.25. The molecule has 0 radical (unpaired) electrons. The third kappa shape index (κ3) is 3.82. The Hall–Kier alpha value is -1.99. The average molecular weight is 343 g/mol. The molecule has 0 spiro atoms. The largest absolute Gasteiger partial charge is 0.383 e. The van der Waals surface area contributed by atoms with Gasteiger partial charge in [0.25, 0.3) is 0 Å². The maximum absolute atomic E-state index is 5.63. The lowest BCUT2D eigenvalue weighted by atomic mass is 10.2. The van der Waals surface area contributed by atoms with E-state index in [0.717, 1.165) is 36.2 Å². The van der Waals surface area contributed by atoms with Crippen LogP contribution in [0.25, 0.3) is 11.4 Å². The Labute approximate surface area is 147 Å². The number of likely N-dealkylation sites (tertiary alicyclic amines) is 1. The maximum Gasteiger partial charge on any atom is 0.244 e. The molecule has 7 heteroatoms. The molecule has 1 aliphatic heterocycles. The van der Waals surface area contributed by atoms with E-state index in [1.165, 1.54) is 25.8 Å². The molecule has 0 amide bonds. The molecule has 2 fully saturated rings. The Bertz CT molecular complexity index is 700. The van der Waals surface area contributed by atoms with Gasteiger partial charge in [0.15, 0.2) is 0 Å². The number of ether oxygens (including phenoxy) is 1. The van der Waals surface area contributed by atoms with Crippen molar-refractivity contribution in [3.63, 3.8) is 0 Å². The molecule has 1 saturated carbocycles. The second-order valence-electron chi connectivity index (χ2n) is 6.87. The summed E-state index contributed by atoms with van der Waals surface area (Å²) in [6.07, 6.45) is 6.79. The van der Waals surface area contributed by atoms with Crippen LogP contribution in [-0.2, 0) is 4.74 Å². The standard InChI is InChI=1S/C18H25N5O2/c1-24-11-9-20-16-14(4-2-8-19-16)17-21-18(25-22-17)15-5-3-10-23(15)12-13-6-7-13/h2,4,8,13,15H,3,5-7,9-12H2,1H3,(H,19,20). The van der Waals surface area contributed by atoms with Gasteiger partial charge in [0.1, 0.15) is 5.82 Å². The lowest BCUT2D eigenvalue weighted by molar-refractivity contribution is 0.201. The first-order chi connectivity index (χ1) is 12.3. The Morgan fingerprint density at radius 1 is 1.36 bits per heavy atom. The first-order valence-electron chi connectivity index (χ1n) is 9.11. The third-order valence-corrected chi connectivity index (χ3v) is 4.93. The molecule has 2 aliphatic rings. The first kappa shape index (κ1) is 16.5. The van der Waals surface area contributed by atoms with Crippen molar-refractivity contribution in [2.24, 2.45) is 5.92 Å². The van der Waals surface area contributed by atoms with E-state index in [2.05, 4.69) is 20.4 Å². The molecule has 1 unspecified atom stereocenters. The SMILES string of the molecule is COCCNc1ncccc1-c1noc(C2CCCN2CC2CC2)n1. The van der Waals surface area contributed by atoms with E-state index in [4.69, 9.17) is 14.2 Å². The number of methoxy groups -OCH3 is 1. The fourth-order valence-corrected chi connectivity index (χ4v) is 3.43. The molecular weight excluding hydrogens is 318 g/mol. The van der Waals surface area contributed by atoms with Crippen LogP contribution in [0.4, 0.5) is 5.82 Å². The number of pyridine rings is 1. The van der Waals surface area contributed by atoms with Crippen LogP contribution in [0.15, 0.2) is 22.9 Å². The van der Waals surface area contributed by atoms with Crippen molar-refractivity contribution in [1.29, 1.82) is 0 Å². The molecule has 1 aliphatic carbocycles. The highest BCUT2D eigenvalue weighted by Crippen LogP contribution is 2.37. The molecule has 1 saturated heterocycles. The number of hydrogen-bond acceptors (Lipinski definition) is 7. The van der Waals surface area contributed by atoms with E-state index in [-0.39, 0.29) is 6.04 Å². The van der Waals surface area contributed by atoms with Gasteiger partial charge >= 0.3 is 0 Å². The highest BCUT2D eigenvalue weighted by atomic mass is 16.5. The summed E-state index contributed by atoms with van der Waals surface area (Å²) in [7, 11) is 1.68. The smallest absolute Gasteiger partial charge is 0.244 e. The Balaban J connectivity index is 1.51. The second kappa shape index (κ2) is 7.49. The van der Waals surface area contributed by atoms with Crippen LogP contribution in [0.2, 0.25) is 0 Å². The number of aromatic nitrogens is 3. The van der Waals surface area contributed by atoms with Gasteiger partial charge in [-0.25, -0.2) is 4.98 Å². The summed E-state index contributed by atoms with van der Waals surface area (Å²) in [4.78, 5) is 11.6. The van der Waals surface area contributed by atoms with Gasteiger partial charge in [-0.05, 0) is 50.3 Å². The predicted molar refractivity (Wildman–Crippen MR) is 94.2 cm³/mol. The minimum atomic E-state index is 0.267. The molecule has 2 aromatic heterocycles. The number of anilines is 1. The zero-order valence-corrected chi connectivity index (χ0v) is 14.6. The summed E-state index contributed by atoms with van der Waals surface area (Å²) >= 11 is 0. The molecule has 1 N–H and O–H groups in total. The van der Waals surface area contributed by atoms with Crippen LogP contribution >= 0.6 is 0 Å². The molecule has 134 valence electrons. The summed E-state index contributed by atoms with van der Waals surface area (Å²) in [6.45, 7) is 3.60. The van der Waals surface area contributed by atoms with Crippen molar-refractivity contribution in [2.75, 3.05) is 38.7 Å². The topological polar surface area (TPSA) is 76.3 Å². The Morgan fingerprint density at radius 3 is 3.12 bits per heavy atom. The first-order valence-corrected chi connectivity index (χ1v) is 9.11. The Morgan fingerprint density at radius 2 is 2.28 bits per heavy atom. The number of nitrogens with zero attached hydrogens (tertiary/aromatic N) is 4. The van der Waals surface area contributed by atoms with Gasteiger partial charge in [0.05, 0.1) is 18.2 Å². The van der Waals surface area contributed by atoms with E-state index in [0.29, 0.717) is 19.0 Å². The van der Waals surface area contributed by atoms with Gasteiger partial charge in [0.2, 0.25) is 11.7 Å². The molecule has 7 nitrogen and oxygen atoms in total. The molecule has 0 bridgehead atoms. The predicted octanol–water partition coefficient (Wildman–Crippen LogP) is 2.74. The molecule has 1 atom stereocenters. The highest BCUT2D eigenvalue weighted by Gasteiger charge is 2.34. The maximum atomic E-state index is 5.63. The molecule has 25 heavy (non-hydrogen) atoms. The molecular formula is C18H25N5O2. The number of hydrogen-bond donors (Lipinski definition) is 1. The van der Waals surface area contributed by atoms with Gasteiger partial charge in [-0.2, -0.15) is 4.98 Å². The van der Waals surface area contributed by atoms with Crippen LogP contribution < -0.4 is 5.32 Å². The molecule has 4 rings (SSSR count). The second-order valence-corrected chi connectivity index (χ2v) is 6.87. The van der Waals surface area contributed by atoms with Gasteiger partial charge in [-0.1, -0.05) is 5.16 Å². The van der Waals surface area contributed by atoms with Crippen molar-refractivity contribution < 1.29 is 9.26 Å². The summed E-state index contributed by atoms with van der Waals surface area (Å²) < 4.78 is 10.7. The van der Waals surface area contributed by atoms with Crippen molar-refractivity contribution in [1.82, 2.24) is 20.0 Å². The van der Waals surface area contributed by atoms with Crippen molar-refractivity contribution in [2.45, 2.75) is 31.7 Å². The summed E-state index contributed by atoms with van der Waals surface area (Å²) in [5.74, 6) is 2.96. The monoisotopic (exact) mass is 343 g/mol.